The van der Waals surface area contributed by atoms with Crippen molar-refractivity contribution in [1.29, 1.82) is 5.26 Å². The third kappa shape index (κ3) is 10.3. The molecule has 1 N–H and O–H groups in total. The molecular formula is C39H51N4O8P. The summed E-state index contributed by atoms with van der Waals surface area (Å²) in [4.78, 5) is 26.4. The van der Waals surface area contributed by atoms with Gasteiger partial charge in [-0.15, -0.1) is 0 Å². The highest BCUT2D eigenvalue weighted by Gasteiger charge is 2.39. The standard InChI is InChI=1S/C39H51N4O8P/c1-28(2)43(29(3)4)52(50-23-11-22-40)51-26-36(48-27-42-24-30(5)37(44)41-38(42)45)25-49-39(31-12-9-8-10-13-31,32-14-18-34(46-6)19-15-32)33-16-20-35(47-7)21-17-33/h8-10,12-21,28-30,36H,11,23-27H2,1-7H3,(H,41,44,45)/t30?,36-,52?/m1/s1. The average Bonchev–Trinajstić information content (AvgIpc) is 3.14. The van der Waals surface area contributed by atoms with Gasteiger partial charge in [0.1, 0.15) is 29.9 Å². The van der Waals surface area contributed by atoms with Crippen molar-refractivity contribution in [2.45, 2.75) is 64.8 Å². The molecule has 3 aromatic carbocycles. The predicted octanol–water partition coefficient (Wildman–Crippen LogP) is 6.84. The first kappa shape index (κ1) is 40.7. The molecule has 1 aliphatic heterocycles. The Morgan fingerprint density at radius 1 is 0.865 bits per heavy atom. The van der Waals surface area contributed by atoms with Gasteiger partial charge in [-0.3, -0.25) is 10.1 Å². The highest BCUT2D eigenvalue weighted by molar-refractivity contribution is 7.44. The molecule has 0 radical (unpaired) electrons. The van der Waals surface area contributed by atoms with E-state index in [1.807, 2.05) is 78.9 Å². The number of rotatable bonds is 20. The van der Waals surface area contributed by atoms with Crippen LogP contribution in [-0.2, 0) is 28.9 Å². The second kappa shape index (κ2) is 19.7. The van der Waals surface area contributed by atoms with Crippen molar-refractivity contribution in [2.24, 2.45) is 5.92 Å². The molecule has 3 amide bonds. The number of nitrogens with one attached hydrogen (secondary N) is 1. The van der Waals surface area contributed by atoms with Crippen LogP contribution in [-0.4, -0.2) is 87.0 Å². The number of hydrogen-bond acceptors (Lipinski definition) is 10. The zero-order chi connectivity index (χ0) is 37.7. The minimum atomic E-state index is -1.59. The zero-order valence-electron chi connectivity index (χ0n) is 31.1. The largest absolute Gasteiger partial charge is 0.497 e. The molecule has 3 aromatic rings. The molecule has 0 bridgehead atoms. The third-order valence-electron chi connectivity index (χ3n) is 8.62. The summed E-state index contributed by atoms with van der Waals surface area (Å²) in [6.07, 6.45) is -0.481. The van der Waals surface area contributed by atoms with Gasteiger partial charge in [0.2, 0.25) is 5.91 Å². The Kier molecular flexibility index (Phi) is 15.4. The Morgan fingerprint density at radius 3 is 1.94 bits per heavy atom. The minimum Gasteiger partial charge on any atom is -0.497 e. The number of benzene rings is 3. The first-order valence-electron chi connectivity index (χ1n) is 17.4. The van der Waals surface area contributed by atoms with Crippen LogP contribution in [0.5, 0.6) is 11.5 Å². The van der Waals surface area contributed by atoms with E-state index in [2.05, 4.69) is 43.8 Å². The third-order valence-corrected chi connectivity index (χ3v) is 10.7. The summed E-state index contributed by atoms with van der Waals surface area (Å²) in [6.45, 7) is 10.4. The zero-order valence-corrected chi connectivity index (χ0v) is 32.0. The van der Waals surface area contributed by atoms with Crippen molar-refractivity contribution in [3.05, 3.63) is 95.6 Å². The molecule has 2 unspecified atom stereocenters. The van der Waals surface area contributed by atoms with E-state index in [1.54, 1.807) is 21.1 Å². The van der Waals surface area contributed by atoms with Crippen LogP contribution in [0.15, 0.2) is 78.9 Å². The van der Waals surface area contributed by atoms with Gasteiger partial charge in [0, 0.05) is 18.6 Å². The average molecular weight is 735 g/mol. The summed E-state index contributed by atoms with van der Waals surface area (Å²) in [5.41, 5.74) is 1.45. The Morgan fingerprint density at radius 2 is 1.42 bits per heavy atom. The molecule has 280 valence electrons. The lowest BCUT2D eigenvalue weighted by atomic mass is 9.80. The molecule has 0 spiro atoms. The maximum absolute atomic E-state index is 12.8. The maximum atomic E-state index is 12.8. The molecule has 1 fully saturated rings. The van der Waals surface area contributed by atoms with Gasteiger partial charge in [-0.25, -0.2) is 9.46 Å². The van der Waals surface area contributed by atoms with Gasteiger partial charge in [-0.2, -0.15) is 5.26 Å². The van der Waals surface area contributed by atoms with Crippen LogP contribution in [0.25, 0.3) is 0 Å². The maximum Gasteiger partial charge on any atom is 0.325 e. The van der Waals surface area contributed by atoms with E-state index in [1.165, 1.54) is 4.90 Å². The molecule has 52 heavy (non-hydrogen) atoms. The van der Waals surface area contributed by atoms with E-state index in [-0.39, 0.29) is 57.5 Å². The van der Waals surface area contributed by atoms with E-state index in [0.717, 1.165) is 16.7 Å². The Hall–Kier alpha value is -4.08. The number of nitrogens with zero attached hydrogens (tertiary/aromatic N) is 3. The van der Waals surface area contributed by atoms with Gasteiger partial charge in [0.15, 0.2) is 0 Å². The van der Waals surface area contributed by atoms with Crippen molar-refractivity contribution >= 4 is 20.5 Å². The summed E-state index contributed by atoms with van der Waals surface area (Å²) < 4.78 is 39.4. The van der Waals surface area contributed by atoms with Crippen molar-refractivity contribution in [2.75, 3.05) is 47.3 Å². The quantitative estimate of drug-likeness (QED) is 0.0748. The van der Waals surface area contributed by atoms with Crippen LogP contribution >= 0.6 is 8.53 Å². The van der Waals surface area contributed by atoms with Crippen molar-refractivity contribution in [3.8, 4) is 17.6 Å². The minimum absolute atomic E-state index is 0.0294. The Balaban J connectivity index is 1.74. The molecular weight excluding hydrogens is 683 g/mol. The fourth-order valence-corrected chi connectivity index (χ4v) is 7.64. The molecule has 12 nitrogen and oxygen atoms in total. The number of imide groups is 1. The Bertz CT molecular complexity index is 1550. The molecule has 0 saturated carbocycles. The lowest BCUT2D eigenvalue weighted by Crippen LogP contribution is -2.54. The number of hydrogen-bond donors (Lipinski definition) is 1. The number of carbonyl (C=O) groups is 2. The van der Waals surface area contributed by atoms with E-state index in [0.29, 0.717) is 11.5 Å². The second-order valence-electron chi connectivity index (χ2n) is 13.0. The van der Waals surface area contributed by atoms with E-state index in [9.17, 15) is 14.9 Å². The number of carbonyl (C=O) groups excluding carboxylic acids is 2. The monoisotopic (exact) mass is 734 g/mol. The summed E-state index contributed by atoms with van der Waals surface area (Å²) >= 11 is 0. The molecule has 1 heterocycles. The van der Waals surface area contributed by atoms with Crippen LogP contribution in [0.1, 0.15) is 57.7 Å². The van der Waals surface area contributed by atoms with E-state index < -0.39 is 32.2 Å². The van der Waals surface area contributed by atoms with E-state index in [4.69, 9.17) is 28.0 Å². The molecule has 13 heteroatoms. The van der Waals surface area contributed by atoms with Crippen molar-refractivity contribution in [3.63, 3.8) is 0 Å². The first-order chi connectivity index (χ1) is 25.0. The highest BCUT2D eigenvalue weighted by Crippen LogP contribution is 2.47. The number of ether oxygens (including phenoxy) is 4. The van der Waals surface area contributed by atoms with Gasteiger partial charge in [0.25, 0.3) is 8.53 Å². The smallest absolute Gasteiger partial charge is 0.325 e. The topological polar surface area (TPSA) is 132 Å². The van der Waals surface area contributed by atoms with Gasteiger partial charge >= 0.3 is 6.03 Å². The van der Waals surface area contributed by atoms with Crippen LogP contribution < -0.4 is 14.8 Å². The van der Waals surface area contributed by atoms with Crippen LogP contribution in [0.2, 0.25) is 0 Å². The molecule has 4 rings (SSSR count). The normalized spacial score (nSPS) is 16.2. The second-order valence-corrected chi connectivity index (χ2v) is 14.4. The summed E-state index contributed by atoms with van der Waals surface area (Å²) in [7, 11) is 1.65. The Labute approximate surface area is 308 Å². The van der Waals surface area contributed by atoms with Crippen LogP contribution in [0, 0.1) is 17.2 Å². The van der Waals surface area contributed by atoms with Crippen molar-refractivity contribution < 1.29 is 37.6 Å². The highest BCUT2D eigenvalue weighted by atomic mass is 31.2. The van der Waals surface area contributed by atoms with Crippen LogP contribution in [0.3, 0.4) is 0 Å². The first-order valence-corrected chi connectivity index (χ1v) is 18.6. The summed E-state index contributed by atoms with van der Waals surface area (Å²) in [6, 6.07) is 27.2. The van der Waals surface area contributed by atoms with Crippen molar-refractivity contribution in [1.82, 2.24) is 14.9 Å². The molecule has 0 aliphatic carbocycles. The lowest BCUT2D eigenvalue weighted by molar-refractivity contribution is -0.128. The number of urea groups is 1. The SMILES string of the molecule is COc1ccc(C(OC[C@H](COP(OCCC#N)N(C(C)C)C(C)C)OCN2CC(C)C(=O)NC2=O)(c2ccccc2)c2ccc(OC)cc2)cc1. The number of methoxy groups -OCH3 is 2. The molecule has 3 atom stereocenters. The number of nitriles is 1. The van der Waals surface area contributed by atoms with Gasteiger partial charge < -0.3 is 32.9 Å². The molecule has 1 saturated heterocycles. The number of amides is 3. The van der Waals surface area contributed by atoms with Crippen LogP contribution in [0.4, 0.5) is 4.79 Å². The fourth-order valence-electron chi connectivity index (χ4n) is 6.01. The summed E-state index contributed by atoms with van der Waals surface area (Å²) in [5, 5.41) is 11.6. The lowest BCUT2D eigenvalue weighted by Gasteiger charge is -2.38. The van der Waals surface area contributed by atoms with Gasteiger partial charge in [0.05, 0.1) is 52.4 Å². The fraction of sp³-hybridized carbons (Fsp3) is 0.462. The van der Waals surface area contributed by atoms with Gasteiger partial charge in [-0.05, 0) is 68.7 Å². The molecule has 0 aromatic heterocycles. The molecule has 1 aliphatic rings. The summed E-state index contributed by atoms with van der Waals surface area (Å²) in [5.74, 6) is 0.688. The van der Waals surface area contributed by atoms with E-state index >= 15 is 0 Å². The van der Waals surface area contributed by atoms with Gasteiger partial charge in [-0.1, -0.05) is 61.5 Å². The predicted molar refractivity (Wildman–Crippen MR) is 199 cm³/mol.